The number of hydrogen-bond donors (Lipinski definition) is 0. The topological polar surface area (TPSA) is 60.9 Å². The third-order valence-corrected chi connectivity index (χ3v) is 5.21. The second-order valence-electron chi connectivity index (χ2n) is 7.31. The van der Waals surface area contributed by atoms with Crippen molar-refractivity contribution in [3.8, 4) is 11.5 Å². The number of carbonyl (C=O) groups is 1. The maximum absolute atomic E-state index is 12.9. The van der Waals surface area contributed by atoms with Crippen molar-refractivity contribution in [1.29, 1.82) is 0 Å². The number of piperidine rings is 1. The highest BCUT2D eigenvalue weighted by atomic mass is 16.5. The van der Waals surface area contributed by atoms with Crippen molar-refractivity contribution in [2.75, 3.05) is 33.4 Å². The summed E-state index contributed by atoms with van der Waals surface area (Å²) >= 11 is 0. The van der Waals surface area contributed by atoms with Crippen LogP contribution >= 0.6 is 0 Å². The molecule has 2 aromatic carbocycles. The first kappa shape index (κ1) is 20.2. The molecule has 2 heterocycles. The molecule has 0 radical (unpaired) electrons. The molecule has 6 heteroatoms. The number of para-hydroxylation sites is 1. The van der Waals surface area contributed by atoms with E-state index in [-0.39, 0.29) is 12.0 Å². The fourth-order valence-electron chi connectivity index (χ4n) is 3.60. The molecule has 30 heavy (non-hydrogen) atoms. The van der Waals surface area contributed by atoms with E-state index in [1.54, 1.807) is 7.11 Å². The lowest BCUT2D eigenvalue weighted by atomic mass is 10.1. The van der Waals surface area contributed by atoms with Crippen LogP contribution in [0.1, 0.15) is 23.3 Å². The lowest BCUT2D eigenvalue weighted by Crippen LogP contribution is -2.42. The molecule has 0 saturated carbocycles. The van der Waals surface area contributed by atoms with Gasteiger partial charge in [-0.15, -0.1) is 0 Å². The monoisotopic (exact) mass is 406 g/mol. The van der Waals surface area contributed by atoms with Gasteiger partial charge in [-0.2, -0.15) is 0 Å². The van der Waals surface area contributed by atoms with Crippen LogP contribution in [-0.4, -0.2) is 55.3 Å². The zero-order valence-electron chi connectivity index (χ0n) is 17.1. The Balaban J connectivity index is 1.32. The number of nitrogens with zero attached hydrogens (tertiary/aromatic N) is 2. The van der Waals surface area contributed by atoms with Crippen molar-refractivity contribution in [2.45, 2.75) is 18.9 Å². The van der Waals surface area contributed by atoms with Crippen molar-refractivity contribution < 1.29 is 19.0 Å². The van der Waals surface area contributed by atoms with Crippen LogP contribution in [0.2, 0.25) is 0 Å². The predicted molar refractivity (Wildman–Crippen MR) is 115 cm³/mol. The first-order valence-electron chi connectivity index (χ1n) is 10.3. The number of likely N-dealkylation sites (tertiary alicyclic amines) is 1. The number of rotatable bonds is 7. The minimum Gasteiger partial charge on any atom is -0.491 e. The van der Waals surface area contributed by atoms with Crippen molar-refractivity contribution in [1.82, 2.24) is 9.88 Å². The first-order valence-corrected chi connectivity index (χ1v) is 10.3. The average Bonchev–Trinajstić information content (AvgIpc) is 2.79. The van der Waals surface area contributed by atoms with Crippen LogP contribution in [0.15, 0.2) is 60.7 Å². The molecule has 1 aliphatic rings. The van der Waals surface area contributed by atoms with Crippen LogP contribution in [0.3, 0.4) is 0 Å². The lowest BCUT2D eigenvalue weighted by Gasteiger charge is -2.32. The predicted octanol–water partition coefficient (Wildman–Crippen LogP) is 3.94. The zero-order chi connectivity index (χ0) is 20.8. The fraction of sp³-hybridized carbons (Fsp3) is 0.333. The quantitative estimate of drug-likeness (QED) is 0.556. The van der Waals surface area contributed by atoms with E-state index in [0.29, 0.717) is 32.0 Å². The minimum absolute atomic E-state index is 0.0206. The van der Waals surface area contributed by atoms with E-state index in [4.69, 9.17) is 14.2 Å². The van der Waals surface area contributed by atoms with Crippen molar-refractivity contribution in [2.24, 2.45) is 0 Å². The fourth-order valence-corrected chi connectivity index (χ4v) is 3.60. The van der Waals surface area contributed by atoms with Gasteiger partial charge >= 0.3 is 0 Å². The molecule has 1 aliphatic heterocycles. The average molecular weight is 406 g/mol. The van der Waals surface area contributed by atoms with E-state index in [1.807, 2.05) is 65.6 Å². The van der Waals surface area contributed by atoms with Crippen molar-refractivity contribution in [3.05, 3.63) is 66.4 Å². The molecule has 1 saturated heterocycles. The molecule has 3 aromatic rings. The summed E-state index contributed by atoms with van der Waals surface area (Å²) in [6.07, 6.45) is 1.65. The normalized spacial score (nSPS) is 14.6. The molecule has 1 fully saturated rings. The molecule has 0 spiro atoms. The standard InChI is InChI=1S/C24H26N2O4/c1-28-15-16-29-20-6-4-7-21(17-20)30-19-11-13-26(14-12-19)24(27)23-10-9-18-5-2-3-8-22(18)25-23/h2-10,17,19H,11-16H2,1H3. The maximum Gasteiger partial charge on any atom is 0.272 e. The molecule has 6 nitrogen and oxygen atoms in total. The van der Waals surface area contributed by atoms with Gasteiger partial charge in [0.25, 0.3) is 5.91 Å². The van der Waals surface area contributed by atoms with Gasteiger partial charge in [0.15, 0.2) is 0 Å². The summed E-state index contributed by atoms with van der Waals surface area (Å²) in [6.45, 7) is 2.36. The highest BCUT2D eigenvalue weighted by Crippen LogP contribution is 2.24. The van der Waals surface area contributed by atoms with Gasteiger partial charge in [-0.1, -0.05) is 30.3 Å². The van der Waals surface area contributed by atoms with E-state index in [2.05, 4.69) is 4.98 Å². The van der Waals surface area contributed by atoms with E-state index >= 15 is 0 Å². The summed E-state index contributed by atoms with van der Waals surface area (Å²) in [5.41, 5.74) is 1.34. The van der Waals surface area contributed by atoms with E-state index < -0.39 is 0 Å². The van der Waals surface area contributed by atoms with Crippen LogP contribution in [0.5, 0.6) is 11.5 Å². The summed E-state index contributed by atoms with van der Waals surface area (Å²) in [7, 11) is 1.65. The molecule has 0 aliphatic carbocycles. The number of pyridine rings is 1. The Morgan fingerprint density at radius 3 is 2.63 bits per heavy atom. The maximum atomic E-state index is 12.9. The Hall–Kier alpha value is -3.12. The Morgan fingerprint density at radius 2 is 1.80 bits per heavy atom. The number of amides is 1. The Bertz CT molecular complexity index is 999. The molecule has 1 amide bonds. The van der Waals surface area contributed by atoms with Gasteiger partial charge in [-0.25, -0.2) is 4.98 Å². The van der Waals surface area contributed by atoms with Gasteiger partial charge in [0.05, 0.1) is 12.1 Å². The SMILES string of the molecule is COCCOc1cccc(OC2CCN(C(=O)c3ccc4ccccc4n3)CC2)c1. The molecular formula is C24H26N2O4. The summed E-state index contributed by atoms with van der Waals surface area (Å²) in [4.78, 5) is 19.3. The molecule has 156 valence electrons. The van der Waals surface area contributed by atoms with Crippen LogP contribution in [0, 0.1) is 0 Å². The number of ether oxygens (including phenoxy) is 3. The minimum atomic E-state index is -0.0206. The summed E-state index contributed by atoms with van der Waals surface area (Å²) in [6, 6.07) is 19.2. The summed E-state index contributed by atoms with van der Waals surface area (Å²) in [5.74, 6) is 1.53. The largest absolute Gasteiger partial charge is 0.491 e. The Kier molecular flexibility index (Phi) is 6.44. The van der Waals surface area contributed by atoms with Crippen LogP contribution in [0.4, 0.5) is 0 Å². The van der Waals surface area contributed by atoms with E-state index in [9.17, 15) is 4.79 Å². The number of aromatic nitrogens is 1. The van der Waals surface area contributed by atoms with Gasteiger partial charge in [-0.05, 0) is 24.3 Å². The summed E-state index contributed by atoms with van der Waals surface area (Å²) < 4.78 is 16.8. The zero-order valence-corrected chi connectivity index (χ0v) is 17.1. The third kappa shape index (κ3) is 4.89. The van der Waals surface area contributed by atoms with Gasteiger partial charge in [0, 0.05) is 44.5 Å². The van der Waals surface area contributed by atoms with Crippen LogP contribution < -0.4 is 9.47 Å². The number of methoxy groups -OCH3 is 1. The van der Waals surface area contributed by atoms with E-state index in [1.165, 1.54) is 0 Å². The number of benzene rings is 2. The second kappa shape index (κ2) is 9.59. The molecule has 4 rings (SSSR count). The van der Waals surface area contributed by atoms with Crippen LogP contribution in [-0.2, 0) is 4.74 Å². The van der Waals surface area contributed by atoms with Gasteiger partial charge < -0.3 is 19.1 Å². The third-order valence-electron chi connectivity index (χ3n) is 5.21. The molecular weight excluding hydrogens is 380 g/mol. The Morgan fingerprint density at radius 1 is 1.00 bits per heavy atom. The molecule has 0 bridgehead atoms. The highest BCUT2D eigenvalue weighted by molar-refractivity contribution is 5.95. The van der Waals surface area contributed by atoms with Gasteiger partial charge in [0.2, 0.25) is 0 Å². The van der Waals surface area contributed by atoms with Crippen molar-refractivity contribution >= 4 is 16.8 Å². The van der Waals surface area contributed by atoms with Crippen LogP contribution in [0.25, 0.3) is 10.9 Å². The summed E-state index contributed by atoms with van der Waals surface area (Å²) in [5, 5.41) is 1.04. The lowest BCUT2D eigenvalue weighted by molar-refractivity contribution is 0.0590. The van der Waals surface area contributed by atoms with Gasteiger partial charge in [-0.3, -0.25) is 4.79 Å². The number of carbonyl (C=O) groups excluding carboxylic acids is 1. The molecule has 0 unspecified atom stereocenters. The Labute approximate surface area is 176 Å². The van der Waals surface area contributed by atoms with Gasteiger partial charge in [0.1, 0.15) is 29.9 Å². The smallest absolute Gasteiger partial charge is 0.272 e. The second-order valence-corrected chi connectivity index (χ2v) is 7.31. The number of hydrogen-bond acceptors (Lipinski definition) is 5. The number of fused-ring (bicyclic) bond motifs is 1. The van der Waals surface area contributed by atoms with E-state index in [0.717, 1.165) is 35.2 Å². The molecule has 0 N–H and O–H groups in total. The first-order chi connectivity index (χ1) is 14.7. The van der Waals surface area contributed by atoms with Crippen molar-refractivity contribution in [3.63, 3.8) is 0 Å². The molecule has 1 aromatic heterocycles. The highest BCUT2D eigenvalue weighted by Gasteiger charge is 2.25. The molecule has 0 atom stereocenters.